The number of nitrogens with one attached hydrogen (secondary N) is 1. The molecule has 1 N–H and O–H groups in total. The van der Waals surface area contributed by atoms with Gasteiger partial charge in [0.2, 0.25) is 0 Å². The van der Waals surface area contributed by atoms with Gasteiger partial charge in [-0.2, -0.15) is 5.10 Å². The van der Waals surface area contributed by atoms with Gasteiger partial charge in [0.1, 0.15) is 11.5 Å². The van der Waals surface area contributed by atoms with Crippen LogP contribution in [-0.2, 0) is 7.05 Å². The number of aromatic amines is 1. The molecule has 1 saturated heterocycles. The maximum Gasteiger partial charge on any atom is 0.271 e. The first-order valence-corrected chi connectivity index (χ1v) is 8.14. The number of likely N-dealkylation sites (tertiary alicyclic amines) is 1. The highest BCUT2D eigenvalue weighted by atomic mass is 16.2. The third-order valence-corrected chi connectivity index (χ3v) is 4.53. The molecule has 1 aliphatic heterocycles. The minimum Gasteiger partial charge on any atom is -0.347 e. The average Bonchev–Trinajstić information content (AvgIpc) is 3.35. The standard InChI is InChI=1S/C18H19N5O/c1-22-11-5-10-15(22)18(24)23-12-6-9-14(23)17-19-16(20-21-17)13-7-3-2-4-8-13/h2-5,7-8,10-11,14H,6,9,12H2,1H3,(H,19,20,21)/t14-/m0/s1. The molecule has 0 unspecified atom stereocenters. The van der Waals surface area contributed by atoms with Gasteiger partial charge in [-0.05, 0) is 25.0 Å². The van der Waals surface area contributed by atoms with Crippen molar-refractivity contribution in [3.63, 3.8) is 0 Å². The van der Waals surface area contributed by atoms with Crippen LogP contribution in [0, 0.1) is 0 Å². The summed E-state index contributed by atoms with van der Waals surface area (Å²) < 4.78 is 1.85. The number of nitrogens with zero attached hydrogens (tertiary/aromatic N) is 4. The summed E-state index contributed by atoms with van der Waals surface area (Å²) in [6, 6.07) is 13.6. The minimum absolute atomic E-state index is 0.0441. The van der Waals surface area contributed by atoms with Crippen LogP contribution in [0.4, 0.5) is 0 Å². The molecule has 1 atom stereocenters. The Morgan fingerprint density at radius 1 is 1.21 bits per heavy atom. The smallest absolute Gasteiger partial charge is 0.271 e. The molecule has 0 spiro atoms. The van der Waals surface area contributed by atoms with Crippen LogP contribution in [0.25, 0.3) is 11.4 Å². The first-order chi connectivity index (χ1) is 11.7. The molecule has 122 valence electrons. The second kappa shape index (κ2) is 5.96. The molecule has 4 rings (SSSR count). The summed E-state index contributed by atoms with van der Waals surface area (Å²) in [7, 11) is 1.89. The number of aromatic nitrogens is 4. The number of amides is 1. The summed E-state index contributed by atoms with van der Waals surface area (Å²) in [6.07, 6.45) is 3.77. The van der Waals surface area contributed by atoms with Crippen molar-refractivity contribution in [3.05, 3.63) is 60.2 Å². The fraction of sp³-hybridized carbons (Fsp3) is 0.278. The quantitative estimate of drug-likeness (QED) is 0.806. The van der Waals surface area contributed by atoms with Crippen LogP contribution in [0.2, 0.25) is 0 Å². The van der Waals surface area contributed by atoms with Gasteiger partial charge in [-0.25, -0.2) is 4.98 Å². The third kappa shape index (κ3) is 2.50. The van der Waals surface area contributed by atoms with E-state index in [1.165, 1.54) is 0 Å². The second-order valence-electron chi connectivity index (χ2n) is 6.07. The van der Waals surface area contributed by atoms with Crippen LogP contribution in [-0.4, -0.2) is 37.1 Å². The molecule has 0 saturated carbocycles. The van der Waals surface area contributed by atoms with Gasteiger partial charge in [0.05, 0.1) is 6.04 Å². The highest BCUT2D eigenvalue weighted by Gasteiger charge is 2.33. The van der Waals surface area contributed by atoms with Crippen LogP contribution in [0.5, 0.6) is 0 Å². The van der Waals surface area contributed by atoms with E-state index in [0.717, 1.165) is 30.8 Å². The molecule has 1 amide bonds. The molecule has 1 aromatic carbocycles. The summed E-state index contributed by atoms with van der Waals surface area (Å²) in [5.41, 5.74) is 1.67. The van der Waals surface area contributed by atoms with Crippen molar-refractivity contribution in [3.8, 4) is 11.4 Å². The molecule has 0 aliphatic carbocycles. The number of carbonyl (C=O) groups excluding carboxylic acids is 1. The Morgan fingerprint density at radius 3 is 2.79 bits per heavy atom. The predicted octanol–water partition coefficient (Wildman–Crippen LogP) is 2.79. The fourth-order valence-electron chi connectivity index (χ4n) is 3.26. The highest BCUT2D eigenvalue weighted by molar-refractivity contribution is 5.93. The number of aryl methyl sites for hydroxylation is 1. The number of carbonyl (C=O) groups is 1. The molecule has 6 nitrogen and oxygen atoms in total. The van der Waals surface area contributed by atoms with Crippen molar-refractivity contribution < 1.29 is 4.79 Å². The monoisotopic (exact) mass is 321 g/mol. The normalized spacial score (nSPS) is 17.4. The minimum atomic E-state index is -0.0441. The maximum atomic E-state index is 12.8. The maximum absolute atomic E-state index is 12.8. The molecule has 0 bridgehead atoms. The van der Waals surface area contributed by atoms with E-state index in [9.17, 15) is 4.79 Å². The van der Waals surface area contributed by atoms with Crippen molar-refractivity contribution >= 4 is 5.91 Å². The van der Waals surface area contributed by atoms with Gasteiger partial charge in [-0.1, -0.05) is 30.3 Å². The molecule has 2 aromatic heterocycles. The number of benzene rings is 1. The van der Waals surface area contributed by atoms with E-state index in [0.29, 0.717) is 11.5 Å². The summed E-state index contributed by atoms with van der Waals surface area (Å²) in [4.78, 5) is 19.4. The zero-order chi connectivity index (χ0) is 16.5. The first kappa shape index (κ1) is 14.7. The number of rotatable bonds is 3. The molecule has 24 heavy (non-hydrogen) atoms. The van der Waals surface area contributed by atoms with E-state index < -0.39 is 0 Å². The Morgan fingerprint density at radius 2 is 2.04 bits per heavy atom. The lowest BCUT2D eigenvalue weighted by molar-refractivity contribution is 0.0720. The van der Waals surface area contributed by atoms with Gasteiger partial charge < -0.3 is 9.47 Å². The number of hydrogen-bond donors (Lipinski definition) is 1. The lowest BCUT2D eigenvalue weighted by atomic mass is 10.2. The Hall–Kier alpha value is -2.89. The fourth-order valence-corrected chi connectivity index (χ4v) is 3.26. The highest BCUT2D eigenvalue weighted by Crippen LogP contribution is 2.32. The summed E-state index contributed by atoms with van der Waals surface area (Å²) in [5.74, 6) is 1.47. The van der Waals surface area contributed by atoms with E-state index in [1.807, 2.05) is 65.2 Å². The zero-order valence-electron chi connectivity index (χ0n) is 13.5. The number of hydrogen-bond acceptors (Lipinski definition) is 3. The molecular weight excluding hydrogens is 302 g/mol. The summed E-state index contributed by atoms with van der Waals surface area (Å²) >= 11 is 0. The van der Waals surface area contributed by atoms with Crippen LogP contribution in [0.3, 0.4) is 0 Å². The van der Waals surface area contributed by atoms with Crippen LogP contribution >= 0.6 is 0 Å². The Kier molecular flexibility index (Phi) is 3.65. The van der Waals surface area contributed by atoms with E-state index >= 15 is 0 Å². The second-order valence-corrected chi connectivity index (χ2v) is 6.07. The average molecular weight is 321 g/mol. The largest absolute Gasteiger partial charge is 0.347 e. The SMILES string of the molecule is Cn1cccc1C(=O)N1CCC[C@H]1c1nc(-c2ccccc2)n[nH]1. The topological polar surface area (TPSA) is 66.8 Å². The van der Waals surface area contributed by atoms with Crippen molar-refractivity contribution in [2.24, 2.45) is 7.05 Å². The molecule has 6 heteroatoms. The third-order valence-electron chi connectivity index (χ3n) is 4.53. The summed E-state index contributed by atoms with van der Waals surface area (Å²) in [6.45, 7) is 0.746. The zero-order valence-corrected chi connectivity index (χ0v) is 13.5. The van der Waals surface area contributed by atoms with E-state index in [1.54, 1.807) is 0 Å². The van der Waals surface area contributed by atoms with Gasteiger partial charge in [0, 0.05) is 25.4 Å². The van der Waals surface area contributed by atoms with Crippen LogP contribution in [0.15, 0.2) is 48.7 Å². The van der Waals surface area contributed by atoms with Crippen molar-refractivity contribution in [2.75, 3.05) is 6.54 Å². The van der Waals surface area contributed by atoms with Crippen molar-refractivity contribution in [2.45, 2.75) is 18.9 Å². The van der Waals surface area contributed by atoms with E-state index in [4.69, 9.17) is 0 Å². The molecule has 1 fully saturated rings. The lowest BCUT2D eigenvalue weighted by Crippen LogP contribution is -2.32. The predicted molar refractivity (Wildman–Crippen MR) is 90.2 cm³/mol. The van der Waals surface area contributed by atoms with Gasteiger partial charge in [-0.3, -0.25) is 9.89 Å². The van der Waals surface area contributed by atoms with Crippen molar-refractivity contribution in [1.82, 2.24) is 24.6 Å². The van der Waals surface area contributed by atoms with Crippen molar-refractivity contribution in [1.29, 1.82) is 0 Å². The molecular formula is C18H19N5O. The van der Waals surface area contributed by atoms with E-state index in [-0.39, 0.29) is 11.9 Å². The van der Waals surface area contributed by atoms with Gasteiger partial charge in [0.25, 0.3) is 5.91 Å². The van der Waals surface area contributed by atoms with Crippen LogP contribution < -0.4 is 0 Å². The molecule has 3 heterocycles. The Balaban J connectivity index is 1.61. The van der Waals surface area contributed by atoms with Gasteiger partial charge in [-0.15, -0.1) is 0 Å². The number of H-pyrrole nitrogens is 1. The molecule has 1 aliphatic rings. The Labute approximate surface area is 140 Å². The van der Waals surface area contributed by atoms with Crippen LogP contribution in [0.1, 0.15) is 35.2 Å². The Bertz CT molecular complexity index is 851. The van der Waals surface area contributed by atoms with Gasteiger partial charge >= 0.3 is 0 Å². The molecule has 0 radical (unpaired) electrons. The van der Waals surface area contributed by atoms with E-state index in [2.05, 4.69) is 15.2 Å². The van der Waals surface area contributed by atoms with Gasteiger partial charge in [0.15, 0.2) is 5.82 Å². The summed E-state index contributed by atoms with van der Waals surface area (Å²) in [5, 5.41) is 7.35. The first-order valence-electron chi connectivity index (χ1n) is 8.14. The lowest BCUT2D eigenvalue weighted by Gasteiger charge is -2.23. The molecule has 3 aromatic rings.